The molecule has 0 aliphatic carbocycles. The summed E-state index contributed by atoms with van der Waals surface area (Å²) < 4.78 is 0. The van der Waals surface area contributed by atoms with Crippen molar-refractivity contribution >= 4 is 0 Å². The van der Waals surface area contributed by atoms with E-state index in [4.69, 9.17) is 0 Å². The van der Waals surface area contributed by atoms with Crippen molar-refractivity contribution in [2.45, 2.75) is 32.9 Å². The second-order valence-electron chi connectivity index (χ2n) is 5.33. The zero-order chi connectivity index (χ0) is 12.7. The summed E-state index contributed by atoms with van der Waals surface area (Å²) in [4.78, 5) is 6.37. The maximum Gasteiger partial charge on any atom is 0.0312 e. The maximum atomic E-state index is 4.13. The van der Waals surface area contributed by atoms with Crippen molar-refractivity contribution in [3.8, 4) is 0 Å². The SMILES string of the molecule is CC(C)CC(CN(C)C)NCc1cccnc1. The molecule has 0 aromatic carbocycles. The van der Waals surface area contributed by atoms with Crippen molar-refractivity contribution in [2.75, 3.05) is 20.6 Å². The Hall–Kier alpha value is -0.930. The van der Waals surface area contributed by atoms with Gasteiger partial charge in [0.1, 0.15) is 0 Å². The van der Waals surface area contributed by atoms with E-state index in [1.54, 1.807) is 0 Å². The van der Waals surface area contributed by atoms with Gasteiger partial charge < -0.3 is 10.2 Å². The van der Waals surface area contributed by atoms with Crippen LogP contribution in [0.3, 0.4) is 0 Å². The van der Waals surface area contributed by atoms with Crippen molar-refractivity contribution in [1.82, 2.24) is 15.2 Å². The number of pyridine rings is 1. The Bertz CT molecular complexity index is 286. The predicted molar refractivity (Wildman–Crippen MR) is 72.9 cm³/mol. The lowest BCUT2D eigenvalue weighted by atomic mass is 10.0. The fraction of sp³-hybridized carbons (Fsp3) is 0.643. The molecule has 0 amide bonds. The van der Waals surface area contributed by atoms with E-state index in [0.29, 0.717) is 6.04 Å². The van der Waals surface area contributed by atoms with Crippen molar-refractivity contribution in [3.63, 3.8) is 0 Å². The Balaban J connectivity index is 2.43. The molecular formula is C14H25N3. The second kappa shape index (κ2) is 7.41. The van der Waals surface area contributed by atoms with Crippen molar-refractivity contribution in [3.05, 3.63) is 30.1 Å². The molecule has 0 radical (unpaired) electrons. The molecule has 0 aliphatic heterocycles. The van der Waals surface area contributed by atoms with Crippen LogP contribution in [0, 0.1) is 5.92 Å². The first-order valence-corrected chi connectivity index (χ1v) is 6.35. The molecule has 1 aromatic heterocycles. The van der Waals surface area contributed by atoms with Crippen LogP contribution in [-0.4, -0.2) is 36.6 Å². The molecule has 1 atom stereocenters. The fourth-order valence-electron chi connectivity index (χ4n) is 2.00. The third-order valence-electron chi connectivity index (χ3n) is 2.66. The van der Waals surface area contributed by atoms with E-state index < -0.39 is 0 Å². The van der Waals surface area contributed by atoms with E-state index in [2.05, 4.69) is 49.2 Å². The quantitative estimate of drug-likeness (QED) is 0.785. The highest BCUT2D eigenvalue weighted by atomic mass is 15.1. The summed E-state index contributed by atoms with van der Waals surface area (Å²) >= 11 is 0. The normalized spacial score (nSPS) is 13.3. The van der Waals surface area contributed by atoms with Crippen LogP contribution in [0.15, 0.2) is 24.5 Å². The van der Waals surface area contributed by atoms with Gasteiger partial charge >= 0.3 is 0 Å². The third-order valence-corrected chi connectivity index (χ3v) is 2.66. The molecule has 17 heavy (non-hydrogen) atoms. The molecule has 1 rings (SSSR count). The van der Waals surface area contributed by atoms with Crippen molar-refractivity contribution in [2.24, 2.45) is 5.92 Å². The van der Waals surface area contributed by atoms with Gasteiger partial charge in [-0.15, -0.1) is 0 Å². The van der Waals surface area contributed by atoms with E-state index >= 15 is 0 Å². The van der Waals surface area contributed by atoms with Gasteiger partial charge in [-0.3, -0.25) is 4.98 Å². The molecule has 1 N–H and O–H groups in total. The number of rotatable bonds is 7. The lowest BCUT2D eigenvalue weighted by molar-refractivity contribution is 0.305. The fourth-order valence-corrected chi connectivity index (χ4v) is 2.00. The van der Waals surface area contributed by atoms with Gasteiger partial charge in [0.05, 0.1) is 0 Å². The highest BCUT2D eigenvalue weighted by Crippen LogP contribution is 2.06. The predicted octanol–water partition coefficient (Wildman–Crippen LogP) is 2.15. The first kappa shape index (κ1) is 14.1. The Kier molecular flexibility index (Phi) is 6.16. The molecule has 0 fully saturated rings. The van der Waals surface area contributed by atoms with Crippen LogP contribution in [0.4, 0.5) is 0 Å². The van der Waals surface area contributed by atoms with E-state index in [1.807, 2.05) is 18.5 Å². The number of nitrogens with zero attached hydrogens (tertiary/aromatic N) is 2. The zero-order valence-corrected chi connectivity index (χ0v) is 11.5. The van der Waals surface area contributed by atoms with Crippen molar-refractivity contribution < 1.29 is 0 Å². The average Bonchev–Trinajstić information content (AvgIpc) is 2.26. The van der Waals surface area contributed by atoms with Gasteiger partial charge in [-0.05, 0) is 38.1 Å². The van der Waals surface area contributed by atoms with Crippen molar-refractivity contribution in [1.29, 1.82) is 0 Å². The summed E-state index contributed by atoms with van der Waals surface area (Å²) in [6.07, 6.45) is 4.95. The number of hydrogen-bond donors (Lipinski definition) is 1. The first-order chi connectivity index (χ1) is 8.08. The van der Waals surface area contributed by atoms with E-state index in [1.165, 1.54) is 12.0 Å². The van der Waals surface area contributed by atoms with Crippen LogP contribution in [0.1, 0.15) is 25.8 Å². The molecule has 0 saturated carbocycles. The molecule has 3 nitrogen and oxygen atoms in total. The summed E-state index contributed by atoms with van der Waals surface area (Å²) in [5.74, 6) is 0.723. The minimum atomic E-state index is 0.546. The molecular weight excluding hydrogens is 210 g/mol. The molecule has 3 heteroatoms. The van der Waals surface area contributed by atoms with E-state index in [0.717, 1.165) is 19.0 Å². The molecule has 0 saturated heterocycles. The molecule has 96 valence electrons. The molecule has 1 aromatic rings. The third kappa shape index (κ3) is 6.39. The topological polar surface area (TPSA) is 28.2 Å². The molecule has 0 spiro atoms. The Morgan fingerprint density at radius 3 is 2.65 bits per heavy atom. The summed E-state index contributed by atoms with van der Waals surface area (Å²) in [5, 5.41) is 3.62. The monoisotopic (exact) mass is 235 g/mol. The van der Waals surface area contributed by atoms with Crippen LogP contribution in [-0.2, 0) is 6.54 Å². The smallest absolute Gasteiger partial charge is 0.0312 e. The largest absolute Gasteiger partial charge is 0.309 e. The summed E-state index contributed by atoms with van der Waals surface area (Å²) in [6.45, 7) is 6.53. The highest BCUT2D eigenvalue weighted by molar-refractivity contribution is 5.08. The zero-order valence-electron chi connectivity index (χ0n) is 11.5. The van der Waals surface area contributed by atoms with E-state index in [-0.39, 0.29) is 0 Å². The maximum absolute atomic E-state index is 4.13. The van der Waals surface area contributed by atoms with Gasteiger partial charge in [0.15, 0.2) is 0 Å². The number of nitrogens with one attached hydrogen (secondary N) is 1. The minimum Gasteiger partial charge on any atom is -0.309 e. The summed E-state index contributed by atoms with van der Waals surface area (Å²) in [5.41, 5.74) is 1.25. The van der Waals surface area contributed by atoms with Gasteiger partial charge in [-0.25, -0.2) is 0 Å². The van der Waals surface area contributed by atoms with Gasteiger partial charge in [0.25, 0.3) is 0 Å². The lowest BCUT2D eigenvalue weighted by Crippen LogP contribution is -2.38. The second-order valence-corrected chi connectivity index (χ2v) is 5.33. The Morgan fingerprint density at radius 1 is 1.35 bits per heavy atom. The number of hydrogen-bond acceptors (Lipinski definition) is 3. The van der Waals surface area contributed by atoms with Gasteiger partial charge in [0, 0.05) is 31.5 Å². The highest BCUT2D eigenvalue weighted by Gasteiger charge is 2.11. The Morgan fingerprint density at radius 2 is 2.12 bits per heavy atom. The minimum absolute atomic E-state index is 0.546. The summed E-state index contributed by atoms with van der Waals surface area (Å²) in [6, 6.07) is 4.65. The van der Waals surface area contributed by atoms with Crippen LogP contribution in [0.5, 0.6) is 0 Å². The lowest BCUT2D eigenvalue weighted by Gasteiger charge is -2.24. The van der Waals surface area contributed by atoms with Crippen LogP contribution in [0.2, 0.25) is 0 Å². The van der Waals surface area contributed by atoms with Gasteiger partial charge in [-0.1, -0.05) is 19.9 Å². The molecule has 1 heterocycles. The van der Waals surface area contributed by atoms with Gasteiger partial charge in [-0.2, -0.15) is 0 Å². The number of likely N-dealkylation sites (N-methyl/N-ethyl adjacent to an activating group) is 1. The average molecular weight is 235 g/mol. The van der Waals surface area contributed by atoms with Gasteiger partial charge in [0.2, 0.25) is 0 Å². The first-order valence-electron chi connectivity index (χ1n) is 6.35. The molecule has 1 unspecified atom stereocenters. The van der Waals surface area contributed by atoms with E-state index in [9.17, 15) is 0 Å². The molecule has 0 aliphatic rings. The van der Waals surface area contributed by atoms with Crippen LogP contribution < -0.4 is 5.32 Å². The summed E-state index contributed by atoms with van der Waals surface area (Å²) in [7, 11) is 4.25. The standard InChI is InChI=1S/C14H25N3/c1-12(2)8-14(11-17(3)4)16-10-13-6-5-7-15-9-13/h5-7,9,12,14,16H,8,10-11H2,1-4H3. The molecule has 0 bridgehead atoms. The van der Waals surface area contributed by atoms with Crippen LogP contribution in [0.25, 0.3) is 0 Å². The van der Waals surface area contributed by atoms with Crippen LogP contribution >= 0.6 is 0 Å². The number of aromatic nitrogens is 1. The Labute approximate surface area is 105 Å².